The van der Waals surface area contributed by atoms with E-state index in [9.17, 15) is 14.3 Å². The van der Waals surface area contributed by atoms with Gasteiger partial charge in [-0.15, -0.1) is 0 Å². The minimum absolute atomic E-state index is 0.0264. The third-order valence-electron chi connectivity index (χ3n) is 4.58. The number of aromatic hydroxyl groups is 1. The molecule has 0 aliphatic heterocycles. The molecule has 3 heterocycles. The zero-order valence-corrected chi connectivity index (χ0v) is 15.8. The van der Waals surface area contributed by atoms with Crippen molar-refractivity contribution < 1.29 is 14.2 Å². The lowest BCUT2D eigenvalue weighted by Crippen LogP contribution is -2.23. The molecule has 1 fully saturated rings. The van der Waals surface area contributed by atoms with Crippen molar-refractivity contribution in [3.63, 3.8) is 0 Å². The van der Waals surface area contributed by atoms with Crippen LogP contribution >= 0.6 is 0 Å². The highest BCUT2D eigenvalue weighted by Crippen LogP contribution is 2.24. The molecule has 11 heteroatoms. The van der Waals surface area contributed by atoms with Crippen LogP contribution < -0.4 is 21.3 Å². The summed E-state index contributed by atoms with van der Waals surface area (Å²) in [7, 11) is 0. The lowest BCUT2D eigenvalue weighted by molar-refractivity contribution is 0.431. The van der Waals surface area contributed by atoms with Crippen molar-refractivity contribution >= 4 is 11.7 Å². The number of benzene rings is 1. The highest BCUT2D eigenvalue weighted by atomic mass is 19.1. The molecule has 3 N–H and O–H groups in total. The fourth-order valence-electron chi connectivity index (χ4n) is 2.93. The molecular formula is C19H16FN7O3. The van der Waals surface area contributed by atoms with Crippen LogP contribution in [0.4, 0.5) is 4.39 Å². The van der Waals surface area contributed by atoms with E-state index in [0.29, 0.717) is 27.8 Å². The Balaban J connectivity index is 1.68. The summed E-state index contributed by atoms with van der Waals surface area (Å²) in [4.78, 5) is 29.5. The van der Waals surface area contributed by atoms with Gasteiger partial charge in [0.2, 0.25) is 5.88 Å². The fraction of sp³-hybridized carbons (Fsp3) is 0.211. The van der Waals surface area contributed by atoms with Crippen LogP contribution in [0.2, 0.25) is 0 Å². The number of halogens is 1. The van der Waals surface area contributed by atoms with Crippen LogP contribution in [0.25, 0.3) is 11.7 Å². The SMILES string of the molecule is Cc1cc(F)ccc1Oc1nc(=NC2CC2)n2ncc(=Cc3[nH]c(=O)[nH]c3O)c2n1. The van der Waals surface area contributed by atoms with Crippen LogP contribution in [0.1, 0.15) is 24.1 Å². The van der Waals surface area contributed by atoms with Gasteiger partial charge in [0.15, 0.2) is 5.65 Å². The van der Waals surface area contributed by atoms with Gasteiger partial charge in [0.05, 0.1) is 12.2 Å². The van der Waals surface area contributed by atoms with E-state index in [1.807, 2.05) is 0 Å². The quantitative estimate of drug-likeness (QED) is 0.454. The van der Waals surface area contributed by atoms with Crippen LogP contribution in [0.5, 0.6) is 17.6 Å². The number of fused-ring (bicyclic) bond motifs is 1. The maximum atomic E-state index is 13.4. The molecule has 1 aliphatic rings. The van der Waals surface area contributed by atoms with E-state index in [-0.39, 0.29) is 29.4 Å². The molecule has 0 radical (unpaired) electrons. The number of nitrogens with zero attached hydrogens (tertiary/aromatic N) is 5. The number of aromatic amines is 2. The first-order valence-electron chi connectivity index (χ1n) is 9.23. The zero-order valence-electron chi connectivity index (χ0n) is 15.8. The molecule has 30 heavy (non-hydrogen) atoms. The van der Waals surface area contributed by atoms with Gasteiger partial charge in [0.1, 0.15) is 17.3 Å². The standard InChI is InChI=1S/C19H16FN7O3/c1-9-6-11(20)2-5-14(9)30-19-24-15-10(7-13-16(28)25-18(29)23-13)8-21-27(15)17(26-19)22-12-3-4-12/h2,5-8,12,28H,3-4H2,1H3,(H2,23,25,29). The summed E-state index contributed by atoms with van der Waals surface area (Å²) >= 11 is 0. The van der Waals surface area contributed by atoms with Gasteiger partial charge in [-0.3, -0.25) is 4.98 Å². The average Bonchev–Trinajstić information content (AvgIpc) is 3.33. The van der Waals surface area contributed by atoms with Gasteiger partial charge in [0.25, 0.3) is 5.62 Å². The van der Waals surface area contributed by atoms with Gasteiger partial charge >= 0.3 is 11.7 Å². The first-order chi connectivity index (χ1) is 14.5. The van der Waals surface area contributed by atoms with Crippen LogP contribution in [-0.4, -0.2) is 40.7 Å². The molecular weight excluding hydrogens is 393 g/mol. The van der Waals surface area contributed by atoms with E-state index in [0.717, 1.165) is 12.8 Å². The first-order valence-corrected chi connectivity index (χ1v) is 9.23. The van der Waals surface area contributed by atoms with E-state index in [4.69, 9.17) is 4.74 Å². The number of rotatable bonds is 4. The van der Waals surface area contributed by atoms with E-state index in [2.05, 4.69) is 30.0 Å². The largest absolute Gasteiger partial charge is 0.493 e. The second-order valence-electron chi connectivity index (χ2n) is 7.00. The summed E-state index contributed by atoms with van der Waals surface area (Å²) in [6.07, 6.45) is 4.99. The van der Waals surface area contributed by atoms with Crippen LogP contribution in [-0.2, 0) is 0 Å². The number of aryl methyl sites for hydroxylation is 1. The Morgan fingerprint density at radius 3 is 2.87 bits per heavy atom. The topological polar surface area (TPSA) is 134 Å². The smallest absolute Gasteiger partial charge is 0.327 e. The molecule has 5 rings (SSSR count). The number of aromatic nitrogens is 6. The van der Waals surface area contributed by atoms with Gasteiger partial charge in [-0.25, -0.2) is 14.2 Å². The predicted octanol–water partition coefficient (Wildman–Crippen LogP) is 0.697. The van der Waals surface area contributed by atoms with Crippen LogP contribution in [0.3, 0.4) is 0 Å². The Morgan fingerprint density at radius 1 is 1.33 bits per heavy atom. The lowest BCUT2D eigenvalue weighted by atomic mass is 10.2. The predicted molar refractivity (Wildman–Crippen MR) is 102 cm³/mol. The lowest BCUT2D eigenvalue weighted by Gasteiger charge is -2.07. The summed E-state index contributed by atoms with van der Waals surface area (Å²) in [5, 5.41) is 14.6. The number of imidazole rings is 1. The van der Waals surface area contributed by atoms with Gasteiger partial charge in [-0.2, -0.15) is 19.6 Å². The highest BCUT2D eigenvalue weighted by Gasteiger charge is 2.21. The molecule has 4 aromatic rings. The normalized spacial score (nSPS) is 15.3. The summed E-state index contributed by atoms with van der Waals surface area (Å²) in [6.45, 7) is 1.72. The monoisotopic (exact) mass is 409 g/mol. The minimum Gasteiger partial charge on any atom is -0.493 e. The van der Waals surface area contributed by atoms with E-state index in [1.54, 1.807) is 6.92 Å². The Kier molecular flexibility index (Phi) is 4.09. The molecule has 1 aliphatic carbocycles. The number of H-pyrrole nitrogens is 2. The van der Waals surface area contributed by atoms with E-state index >= 15 is 0 Å². The third kappa shape index (κ3) is 3.41. The minimum atomic E-state index is -0.537. The van der Waals surface area contributed by atoms with Crippen LogP contribution in [0.15, 0.2) is 34.2 Å². The van der Waals surface area contributed by atoms with Crippen molar-refractivity contribution in [2.75, 3.05) is 0 Å². The summed E-state index contributed by atoms with van der Waals surface area (Å²) in [6, 6.07) is 4.34. The molecule has 0 amide bonds. The van der Waals surface area contributed by atoms with Gasteiger partial charge in [-0.1, -0.05) is 0 Å². The van der Waals surface area contributed by atoms with Crippen molar-refractivity contribution in [1.82, 2.24) is 29.5 Å². The molecule has 1 aromatic carbocycles. The average molecular weight is 409 g/mol. The number of nitrogens with one attached hydrogen (secondary N) is 2. The fourth-order valence-corrected chi connectivity index (χ4v) is 2.93. The number of hydrogen-bond acceptors (Lipinski definition) is 7. The summed E-state index contributed by atoms with van der Waals surface area (Å²) in [5.41, 5.74) is 0.940. The summed E-state index contributed by atoms with van der Waals surface area (Å²) < 4.78 is 20.7. The van der Waals surface area contributed by atoms with Crippen LogP contribution in [0, 0.1) is 12.7 Å². The third-order valence-corrected chi connectivity index (χ3v) is 4.58. The first kappa shape index (κ1) is 18.0. The molecule has 1 saturated carbocycles. The molecule has 0 spiro atoms. The number of hydrogen-bond donors (Lipinski definition) is 3. The zero-order chi connectivity index (χ0) is 20.8. The van der Waals surface area contributed by atoms with Gasteiger partial charge in [0, 0.05) is 5.22 Å². The highest BCUT2D eigenvalue weighted by molar-refractivity contribution is 5.56. The van der Waals surface area contributed by atoms with Gasteiger partial charge in [-0.05, 0) is 49.6 Å². The van der Waals surface area contributed by atoms with E-state index < -0.39 is 5.69 Å². The molecule has 3 aromatic heterocycles. The Bertz CT molecular complexity index is 1450. The molecule has 0 unspecified atom stereocenters. The van der Waals surface area contributed by atoms with Crippen molar-refractivity contribution in [1.29, 1.82) is 0 Å². The van der Waals surface area contributed by atoms with E-state index in [1.165, 1.54) is 35.0 Å². The Labute approximate surface area is 167 Å². The second-order valence-corrected chi connectivity index (χ2v) is 7.00. The maximum absolute atomic E-state index is 13.4. The molecule has 0 bridgehead atoms. The van der Waals surface area contributed by atoms with Crippen molar-refractivity contribution in [3.05, 3.63) is 62.8 Å². The Hall–Kier alpha value is -4.02. The van der Waals surface area contributed by atoms with Crippen molar-refractivity contribution in [2.45, 2.75) is 25.8 Å². The maximum Gasteiger partial charge on any atom is 0.327 e. The second kappa shape index (κ2) is 6.79. The summed E-state index contributed by atoms with van der Waals surface area (Å²) in [5.74, 6) is -0.251. The van der Waals surface area contributed by atoms with Gasteiger partial charge < -0.3 is 14.8 Å². The molecule has 10 nitrogen and oxygen atoms in total. The van der Waals surface area contributed by atoms with Crippen molar-refractivity contribution in [2.24, 2.45) is 4.99 Å². The number of ether oxygens (including phenoxy) is 1. The molecule has 0 atom stereocenters. The molecule has 152 valence electrons. The Morgan fingerprint density at radius 2 is 2.17 bits per heavy atom. The molecule has 0 saturated heterocycles. The van der Waals surface area contributed by atoms with Crippen molar-refractivity contribution in [3.8, 4) is 17.6 Å².